The van der Waals surface area contributed by atoms with Crippen LogP contribution in [0.2, 0.25) is 0 Å². The molecule has 2 nitrogen and oxygen atoms in total. The van der Waals surface area contributed by atoms with Crippen molar-refractivity contribution in [2.75, 3.05) is 4.90 Å². The van der Waals surface area contributed by atoms with Gasteiger partial charge in [0.05, 0.1) is 5.41 Å². The summed E-state index contributed by atoms with van der Waals surface area (Å²) in [6, 6.07) is 95.9. The fourth-order valence-electron chi connectivity index (χ4n) is 12.0. The van der Waals surface area contributed by atoms with Crippen LogP contribution in [-0.2, 0) is 5.41 Å². The van der Waals surface area contributed by atoms with E-state index in [0.29, 0.717) is 0 Å². The highest BCUT2D eigenvalue weighted by molar-refractivity contribution is 7.25. The molecule has 1 aliphatic carbocycles. The van der Waals surface area contributed by atoms with Crippen molar-refractivity contribution in [3.8, 4) is 56.0 Å². The lowest BCUT2D eigenvalue weighted by atomic mass is 9.65. The normalized spacial score (nSPS) is 12.9. The first kappa shape index (κ1) is 40.8. The topological polar surface area (TPSA) is 12.5 Å². The van der Waals surface area contributed by atoms with Gasteiger partial charge in [-0.1, -0.05) is 206 Å². The number of benzene rings is 12. The van der Waals surface area contributed by atoms with E-state index < -0.39 is 5.41 Å². The molecule has 1 aliphatic heterocycles. The largest absolute Gasteiger partial charge is 0.455 e. The summed E-state index contributed by atoms with van der Waals surface area (Å²) >= 11 is 1.86. The summed E-state index contributed by atoms with van der Waals surface area (Å²) in [6.07, 6.45) is 0. The SMILES string of the molecule is c1ccc(-c2cccc(N(c3ccc(-c4ccc5c(c4)C4(c6ccccc6-5)c5ccc6ccccc6c5Oc5c4ccc4ccccc54)cc3)c3ccc(-c4ccc5c(c4)sc4ccccc45)cc3)c2)cc1. The maximum atomic E-state index is 7.23. The van der Waals surface area contributed by atoms with Gasteiger partial charge in [0.2, 0.25) is 0 Å². The Labute approximate surface area is 421 Å². The average Bonchev–Trinajstić information content (AvgIpc) is 3.97. The number of hydrogen-bond donors (Lipinski definition) is 0. The van der Waals surface area contributed by atoms with E-state index in [4.69, 9.17) is 4.74 Å². The van der Waals surface area contributed by atoms with E-state index in [2.05, 4.69) is 266 Å². The second-order valence-corrected chi connectivity index (χ2v) is 20.2. The van der Waals surface area contributed by atoms with Crippen molar-refractivity contribution in [1.82, 2.24) is 0 Å². The highest BCUT2D eigenvalue weighted by Crippen LogP contribution is 2.64. The van der Waals surface area contributed by atoms with Crippen LogP contribution < -0.4 is 9.64 Å². The first-order valence-electron chi connectivity index (χ1n) is 24.7. The monoisotopic (exact) mass is 933 g/mol. The molecular formula is C69H43NOS. The number of nitrogens with zero attached hydrogens (tertiary/aromatic N) is 1. The molecule has 1 spiro atoms. The Morgan fingerprint density at radius 3 is 1.51 bits per heavy atom. The fraction of sp³-hybridized carbons (Fsp3) is 0.0145. The van der Waals surface area contributed by atoms with E-state index in [-0.39, 0.29) is 0 Å². The molecule has 0 saturated heterocycles. The van der Waals surface area contributed by atoms with Gasteiger partial charge in [0.15, 0.2) is 0 Å². The Hall–Kier alpha value is -9.02. The molecule has 0 atom stereocenters. The number of anilines is 3. The molecule has 2 aliphatic rings. The third-order valence-electron chi connectivity index (χ3n) is 15.3. The van der Waals surface area contributed by atoms with Crippen molar-refractivity contribution in [3.63, 3.8) is 0 Å². The second-order valence-electron chi connectivity index (χ2n) is 19.1. The van der Waals surface area contributed by atoms with E-state index in [9.17, 15) is 0 Å². The van der Waals surface area contributed by atoms with Crippen LogP contribution in [0, 0.1) is 0 Å². The lowest BCUT2D eigenvalue weighted by Gasteiger charge is -2.40. The van der Waals surface area contributed by atoms with Crippen LogP contribution in [0.5, 0.6) is 11.5 Å². The Morgan fingerprint density at radius 1 is 0.292 bits per heavy atom. The molecule has 0 unspecified atom stereocenters. The van der Waals surface area contributed by atoms with Crippen LogP contribution >= 0.6 is 11.3 Å². The highest BCUT2D eigenvalue weighted by atomic mass is 32.1. The van der Waals surface area contributed by atoms with Gasteiger partial charge in [-0.2, -0.15) is 0 Å². The predicted molar refractivity (Wildman–Crippen MR) is 303 cm³/mol. The quantitative estimate of drug-likeness (QED) is 0.165. The summed E-state index contributed by atoms with van der Waals surface area (Å²) in [5.41, 5.74) is 17.2. The molecule has 0 radical (unpaired) electrons. The molecule has 0 amide bonds. The number of fused-ring (bicyclic) bond motifs is 16. The minimum absolute atomic E-state index is 0.616. The molecule has 12 aromatic carbocycles. The fourth-order valence-corrected chi connectivity index (χ4v) is 13.1. The van der Waals surface area contributed by atoms with Crippen molar-refractivity contribution in [1.29, 1.82) is 0 Å². The minimum Gasteiger partial charge on any atom is -0.455 e. The zero-order chi connectivity index (χ0) is 47.3. The Balaban J connectivity index is 0.863. The minimum atomic E-state index is -0.616. The van der Waals surface area contributed by atoms with Gasteiger partial charge in [0.1, 0.15) is 11.5 Å². The van der Waals surface area contributed by atoms with Gasteiger partial charge in [-0.15, -0.1) is 11.3 Å². The molecule has 15 rings (SSSR count). The van der Waals surface area contributed by atoms with Crippen molar-refractivity contribution in [2.24, 2.45) is 0 Å². The van der Waals surface area contributed by atoms with Gasteiger partial charge in [-0.25, -0.2) is 0 Å². The maximum absolute atomic E-state index is 7.23. The molecule has 1 aromatic heterocycles. The summed E-state index contributed by atoms with van der Waals surface area (Å²) in [5.74, 6) is 1.85. The lowest BCUT2D eigenvalue weighted by molar-refractivity contribution is 0.447. The molecule has 2 heterocycles. The summed E-state index contributed by atoms with van der Waals surface area (Å²) in [7, 11) is 0. The number of rotatable bonds is 6. The first-order valence-corrected chi connectivity index (χ1v) is 25.5. The molecular weight excluding hydrogens is 891 g/mol. The summed E-state index contributed by atoms with van der Waals surface area (Å²) in [6.45, 7) is 0. The average molecular weight is 934 g/mol. The third-order valence-corrected chi connectivity index (χ3v) is 16.5. The number of ether oxygens (including phenoxy) is 1. The van der Waals surface area contributed by atoms with Gasteiger partial charge in [-0.05, 0) is 121 Å². The van der Waals surface area contributed by atoms with Crippen molar-refractivity contribution < 1.29 is 4.74 Å². The van der Waals surface area contributed by atoms with E-state index in [1.165, 1.54) is 81.4 Å². The number of thiophene rings is 1. The van der Waals surface area contributed by atoms with Crippen molar-refractivity contribution in [3.05, 3.63) is 283 Å². The predicted octanol–water partition coefficient (Wildman–Crippen LogP) is 19.3. The van der Waals surface area contributed by atoms with Crippen LogP contribution in [0.1, 0.15) is 22.3 Å². The van der Waals surface area contributed by atoms with Gasteiger partial charge >= 0.3 is 0 Å². The zero-order valence-electron chi connectivity index (χ0n) is 39.1. The summed E-state index contributed by atoms with van der Waals surface area (Å²) in [4.78, 5) is 2.38. The van der Waals surface area contributed by atoms with E-state index in [1.54, 1.807) is 0 Å². The Kier molecular flexibility index (Phi) is 9.08. The van der Waals surface area contributed by atoms with Crippen LogP contribution in [0.25, 0.3) is 86.2 Å². The Bertz CT molecular complexity index is 4220. The molecule has 72 heavy (non-hydrogen) atoms. The molecule has 0 fully saturated rings. The standard InChI is InChI=1S/C69H43NOS/c1-2-13-44(14-3-1)49-17-12-18-54(41-49)70(53-35-27-46(28-36-53)51-30-38-60-59-22-9-11-24-65(59)72-66(60)43-51)52-33-25-45(26-34-52)50-29-37-58-57-21-8-10-23-61(57)69(64(58)42-50)62-39-31-47-15-4-6-19-55(47)67(62)71-68-56-20-7-5-16-48(56)32-40-63(68)69/h1-43H. The van der Waals surface area contributed by atoms with Crippen LogP contribution in [0.4, 0.5) is 17.1 Å². The van der Waals surface area contributed by atoms with Gasteiger partial charge in [0, 0.05) is 59.1 Å². The van der Waals surface area contributed by atoms with Gasteiger partial charge in [0.25, 0.3) is 0 Å². The number of hydrogen-bond acceptors (Lipinski definition) is 3. The van der Waals surface area contributed by atoms with E-state index in [1.807, 2.05) is 11.3 Å². The smallest absolute Gasteiger partial charge is 0.140 e. The highest BCUT2D eigenvalue weighted by Gasteiger charge is 2.52. The van der Waals surface area contributed by atoms with Crippen molar-refractivity contribution >= 4 is 70.1 Å². The second kappa shape index (κ2) is 16.0. The zero-order valence-corrected chi connectivity index (χ0v) is 39.9. The van der Waals surface area contributed by atoms with E-state index in [0.717, 1.165) is 55.7 Å². The van der Waals surface area contributed by atoms with Crippen LogP contribution in [0.3, 0.4) is 0 Å². The summed E-state index contributed by atoms with van der Waals surface area (Å²) < 4.78 is 9.86. The van der Waals surface area contributed by atoms with Crippen LogP contribution in [-0.4, -0.2) is 0 Å². The molecule has 0 bridgehead atoms. The maximum Gasteiger partial charge on any atom is 0.140 e. The van der Waals surface area contributed by atoms with Crippen LogP contribution in [0.15, 0.2) is 261 Å². The van der Waals surface area contributed by atoms with Gasteiger partial charge in [-0.3, -0.25) is 0 Å². The molecule has 3 heteroatoms. The molecule has 0 N–H and O–H groups in total. The lowest BCUT2D eigenvalue weighted by Crippen LogP contribution is -2.32. The first-order chi connectivity index (χ1) is 35.7. The molecule has 13 aromatic rings. The molecule has 0 saturated carbocycles. The molecule has 336 valence electrons. The summed E-state index contributed by atoms with van der Waals surface area (Å²) in [5, 5.41) is 7.20. The van der Waals surface area contributed by atoms with Gasteiger partial charge < -0.3 is 9.64 Å². The van der Waals surface area contributed by atoms with E-state index >= 15 is 0 Å². The van der Waals surface area contributed by atoms with Crippen molar-refractivity contribution in [2.45, 2.75) is 5.41 Å². The Morgan fingerprint density at radius 2 is 0.806 bits per heavy atom. The third kappa shape index (κ3) is 6.14.